The van der Waals surface area contributed by atoms with E-state index >= 15 is 0 Å². The molecule has 3 N–H and O–H groups in total. The highest BCUT2D eigenvalue weighted by Gasteiger charge is 2.52. The molecule has 0 bridgehead atoms. The third-order valence-corrected chi connectivity index (χ3v) is 6.18. The van der Waals surface area contributed by atoms with Gasteiger partial charge >= 0.3 is 0 Å². The maximum atomic E-state index is 12.9. The van der Waals surface area contributed by atoms with Crippen molar-refractivity contribution in [3.63, 3.8) is 0 Å². The summed E-state index contributed by atoms with van der Waals surface area (Å²) in [6.07, 6.45) is 1.10. The lowest BCUT2D eigenvalue weighted by molar-refractivity contribution is 0.0418. The van der Waals surface area contributed by atoms with E-state index < -0.39 is 12.1 Å². The number of hydrogen-bond donors (Lipinski definition) is 3. The number of carbonyl (C=O) groups is 1. The number of rotatable bonds is 2. The van der Waals surface area contributed by atoms with Crippen molar-refractivity contribution in [1.82, 2.24) is 10.6 Å². The van der Waals surface area contributed by atoms with Crippen molar-refractivity contribution in [3.8, 4) is 0 Å². The zero-order valence-electron chi connectivity index (χ0n) is 14.8. The fraction of sp³-hybridized carbons (Fsp3) is 0.381. The first-order valence-electron chi connectivity index (χ1n) is 9.08. The molecular weight excluding hydrogens is 348 g/mol. The molecule has 0 saturated carbocycles. The molecule has 2 aromatic rings. The van der Waals surface area contributed by atoms with Crippen LogP contribution in [0.25, 0.3) is 0 Å². The zero-order valence-corrected chi connectivity index (χ0v) is 15.5. The van der Waals surface area contributed by atoms with Crippen molar-refractivity contribution in [2.24, 2.45) is 0 Å². The molecule has 1 amide bonds. The first kappa shape index (κ1) is 17.5. The summed E-state index contributed by atoms with van der Waals surface area (Å²) in [5.74, 6) is -0.199. The van der Waals surface area contributed by atoms with Gasteiger partial charge in [-0.25, -0.2) is 0 Å². The Bertz CT molecular complexity index is 846. The van der Waals surface area contributed by atoms with Gasteiger partial charge in [0.15, 0.2) is 0 Å². The van der Waals surface area contributed by atoms with Crippen LogP contribution in [0, 0.1) is 6.92 Å². The second-order valence-corrected chi connectivity index (χ2v) is 7.79. The number of halogens is 1. The molecule has 2 aromatic carbocycles. The predicted molar refractivity (Wildman–Crippen MR) is 103 cm³/mol. The normalized spacial score (nSPS) is 23.7. The number of aliphatic hydroxyl groups is 1. The number of fused-ring (bicyclic) bond motifs is 2. The molecule has 4 rings (SSSR count). The third-order valence-electron chi connectivity index (χ3n) is 5.94. The quantitative estimate of drug-likeness (QED) is 0.761. The number of carbonyl (C=O) groups excluding carboxylic acids is 1. The van der Waals surface area contributed by atoms with Gasteiger partial charge in [0.1, 0.15) is 0 Å². The zero-order chi connectivity index (χ0) is 18.3. The van der Waals surface area contributed by atoms with E-state index in [0.717, 1.165) is 37.1 Å². The van der Waals surface area contributed by atoms with E-state index in [-0.39, 0.29) is 11.3 Å². The minimum atomic E-state index is -0.634. The van der Waals surface area contributed by atoms with Gasteiger partial charge in [-0.3, -0.25) is 4.79 Å². The van der Waals surface area contributed by atoms with E-state index in [1.54, 1.807) is 12.1 Å². The first-order valence-corrected chi connectivity index (χ1v) is 9.46. The molecule has 0 aromatic heterocycles. The van der Waals surface area contributed by atoms with Crippen molar-refractivity contribution in [2.75, 3.05) is 13.1 Å². The van der Waals surface area contributed by atoms with Gasteiger partial charge in [-0.05, 0) is 61.7 Å². The lowest BCUT2D eigenvalue weighted by Gasteiger charge is -2.38. The standard InChI is InChI=1S/C21H23ClN2O2/c1-13-6-7-14(22)12-16(13)20(26)24-18-15-4-2-3-5-17(15)21(19(18)25)8-10-23-11-9-21/h2-7,12,18-19,23,25H,8-11H2,1H3,(H,24,26)/t18-,19+/m1/s1. The maximum absolute atomic E-state index is 12.9. The minimum absolute atomic E-state index is 0.199. The number of benzene rings is 2. The van der Waals surface area contributed by atoms with E-state index in [1.165, 1.54) is 5.56 Å². The van der Waals surface area contributed by atoms with Crippen LogP contribution >= 0.6 is 11.6 Å². The molecule has 5 heteroatoms. The molecule has 0 unspecified atom stereocenters. The second-order valence-electron chi connectivity index (χ2n) is 7.35. The highest BCUT2D eigenvalue weighted by molar-refractivity contribution is 6.31. The number of piperidine rings is 1. The number of aliphatic hydroxyl groups excluding tert-OH is 1. The lowest BCUT2D eigenvalue weighted by atomic mass is 9.72. The molecule has 1 aliphatic heterocycles. The Balaban J connectivity index is 1.69. The highest BCUT2D eigenvalue weighted by Crippen LogP contribution is 2.50. The summed E-state index contributed by atoms with van der Waals surface area (Å²) in [4.78, 5) is 12.9. The summed E-state index contributed by atoms with van der Waals surface area (Å²) in [6.45, 7) is 3.64. The van der Waals surface area contributed by atoms with Gasteiger partial charge in [0, 0.05) is 16.0 Å². The minimum Gasteiger partial charge on any atom is -0.390 e. The van der Waals surface area contributed by atoms with Crippen molar-refractivity contribution in [3.05, 3.63) is 69.7 Å². The van der Waals surface area contributed by atoms with Crippen molar-refractivity contribution < 1.29 is 9.90 Å². The Morgan fingerprint density at radius 2 is 1.96 bits per heavy atom. The van der Waals surface area contributed by atoms with Crippen molar-refractivity contribution >= 4 is 17.5 Å². The highest BCUT2D eigenvalue weighted by atomic mass is 35.5. The molecule has 26 heavy (non-hydrogen) atoms. The van der Waals surface area contributed by atoms with Crippen LogP contribution in [0.15, 0.2) is 42.5 Å². The molecule has 1 fully saturated rings. The summed E-state index contributed by atoms with van der Waals surface area (Å²) in [7, 11) is 0. The van der Waals surface area contributed by atoms with Gasteiger partial charge in [0.05, 0.1) is 12.1 Å². The summed E-state index contributed by atoms with van der Waals surface area (Å²) in [5, 5.41) is 18.2. The monoisotopic (exact) mass is 370 g/mol. The van der Waals surface area contributed by atoms with E-state index in [0.29, 0.717) is 10.6 Å². The fourth-order valence-electron chi connectivity index (χ4n) is 4.52. The van der Waals surface area contributed by atoms with Crippen LogP contribution in [-0.2, 0) is 5.41 Å². The maximum Gasteiger partial charge on any atom is 0.252 e. The van der Waals surface area contributed by atoms with Gasteiger partial charge in [-0.15, -0.1) is 0 Å². The predicted octanol–water partition coefficient (Wildman–Crippen LogP) is 3.12. The van der Waals surface area contributed by atoms with Gasteiger partial charge in [-0.1, -0.05) is 41.9 Å². The van der Waals surface area contributed by atoms with Crippen LogP contribution in [0.2, 0.25) is 5.02 Å². The van der Waals surface area contributed by atoms with Crippen LogP contribution in [0.3, 0.4) is 0 Å². The Morgan fingerprint density at radius 3 is 2.73 bits per heavy atom. The molecule has 2 atom stereocenters. The molecule has 0 radical (unpaired) electrons. The molecule has 1 saturated heterocycles. The van der Waals surface area contributed by atoms with Gasteiger partial charge < -0.3 is 15.7 Å². The Morgan fingerprint density at radius 1 is 1.23 bits per heavy atom. The summed E-state index contributed by atoms with van der Waals surface area (Å²) >= 11 is 6.07. The molecule has 2 aliphatic rings. The lowest BCUT2D eigenvalue weighted by Crippen LogP contribution is -2.48. The van der Waals surface area contributed by atoms with Gasteiger partial charge in [-0.2, -0.15) is 0 Å². The van der Waals surface area contributed by atoms with Crippen LogP contribution in [0.1, 0.15) is 45.9 Å². The number of nitrogens with one attached hydrogen (secondary N) is 2. The molecule has 1 heterocycles. The average Bonchev–Trinajstić information content (AvgIpc) is 2.87. The smallest absolute Gasteiger partial charge is 0.252 e. The van der Waals surface area contributed by atoms with Crippen LogP contribution < -0.4 is 10.6 Å². The largest absolute Gasteiger partial charge is 0.390 e. The summed E-state index contributed by atoms with van der Waals surface area (Å²) in [6, 6.07) is 13.0. The molecule has 1 spiro atoms. The average molecular weight is 371 g/mol. The van der Waals surface area contributed by atoms with E-state index in [4.69, 9.17) is 11.6 Å². The topological polar surface area (TPSA) is 61.4 Å². The summed E-state index contributed by atoms with van der Waals surface area (Å²) < 4.78 is 0. The number of aryl methyl sites for hydroxylation is 1. The Labute approximate surface area is 158 Å². The van der Waals surface area contributed by atoms with Crippen LogP contribution in [-0.4, -0.2) is 30.2 Å². The molecular formula is C21H23ClN2O2. The number of amides is 1. The van der Waals surface area contributed by atoms with Crippen LogP contribution in [0.5, 0.6) is 0 Å². The first-order chi connectivity index (χ1) is 12.5. The molecule has 136 valence electrons. The second kappa shape index (κ2) is 6.69. The van der Waals surface area contributed by atoms with E-state index in [1.807, 2.05) is 31.2 Å². The van der Waals surface area contributed by atoms with Crippen molar-refractivity contribution in [2.45, 2.75) is 37.3 Å². The van der Waals surface area contributed by atoms with E-state index in [9.17, 15) is 9.90 Å². The Hall–Kier alpha value is -1.88. The molecule has 4 nitrogen and oxygen atoms in total. The van der Waals surface area contributed by atoms with Crippen molar-refractivity contribution in [1.29, 1.82) is 0 Å². The van der Waals surface area contributed by atoms with Crippen LogP contribution in [0.4, 0.5) is 0 Å². The SMILES string of the molecule is Cc1ccc(Cl)cc1C(=O)N[C@@H]1c2ccccc2C2(CCNCC2)[C@H]1O. The van der Waals surface area contributed by atoms with E-state index in [2.05, 4.69) is 16.7 Å². The Kier molecular flexibility index (Phi) is 4.51. The summed E-state index contributed by atoms with van der Waals surface area (Å²) in [5.41, 5.74) is 3.32. The number of hydrogen-bond acceptors (Lipinski definition) is 3. The third kappa shape index (κ3) is 2.73. The van der Waals surface area contributed by atoms with Gasteiger partial charge in [0.2, 0.25) is 0 Å². The fourth-order valence-corrected chi connectivity index (χ4v) is 4.69. The van der Waals surface area contributed by atoms with Gasteiger partial charge in [0.25, 0.3) is 5.91 Å². The molecule has 1 aliphatic carbocycles.